The summed E-state index contributed by atoms with van der Waals surface area (Å²) >= 11 is 0. The zero-order valence-corrected chi connectivity index (χ0v) is 14.9. The van der Waals surface area contributed by atoms with E-state index in [2.05, 4.69) is 5.32 Å². The molecule has 1 N–H and O–H groups in total. The van der Waals surface area contributed by atoms with Crippen molar-refractivity contribution in [3.8, 4) is 5.69 Å². The van der Waals surface area contributed by atoms with Gasteiger partial charge in [-0.25, -0.2) is 4.39 Å². The van der Waals surface area contributed by atoms with Crippen molar-refractivity contribution in [2.45, 2.75) is 20.4 Å². The van der Waals surface area contributed by atoms with Gasteiger partial charge in [0.05, 0.1) is 0 Å². The number of carbonyl (C=O) groups is 1. The summed E-state index contributed by atoms with van der Waals surface area (Å²) in [5.41, 5.74) is 1.35. The number of amides is 1. The zero-order chi connectivity index (χ0) is 19.6. The molecule has 0 bridgehead atoms. The molecule has 0 aliphatic heterocycles. The van der Waals surface area contributed by atoms with Crippen LogP contribution in [-0.2, 0) is 11.3 Å². The molecule has 1 amide bonds. The van der Waals surface area contributed by atoms with Crippen molar-refractivity contribution in [2.75, 3.05) is 5.32 Å². The smallest absolute Gasteiger partial charge is 0.320 e. The Hall–Kier alpha value is -3.48. The molecule has 2 aromatic carbocycles. The van der Waals surface area contributed by atoms with Crippen molar-refractivity contribution >= 4 is 11.6 Å². The molecule has 0 unspecified atom stereocenters. The molecule has 0 spiro atoms. The Bertz CT molecular complexity index is 1110. The molecule has 0 radical (unpaired) electrons. The van der Waals surface area contributed by atoms with E-state index in [4.69, 9.17) is 0 Å². The van der Waals surface area contributed by atoms with Crippen molar-refractivity contribution in [3.05, 3.63) is 92.5 Å². The summed E-state index contributed by atoms with van der Waals surface area (Å²) in [5, 5.41) is 2.74. The van der Waals surface area contributed by atoms with Gasteiger partial charge in [0.1, 0.15) is 12.4 Å². The number of hydrogen-bond donors (Lipinski definition) is 1. The highest BCUT2D eigenvalue weighted by atomic mass is 19.1. The van der Waals surface area contributed by atoms with Crippen molar-refractivity contribution in [1.82, 2.24) is 9.13 Å². The molecule has 1 heterocycles. The number of hydrogen-bond acceptors (Lipinski definition) is 3. The lowest BCUT2D eigenvalue weighted by atomic mass is 10.1. The molecular formula is C20H18FN3O3. The Morgan fingerprint density at radius 3 is 2.37 bits per heavy atom. The van der Waals surface area contributed by atoms with E-state index in [1.54, 1.807) is 6.07 Å². The first-order valence-electron chi connectivity index (χ1n) is 8.30. The number of aryl methyl sites for hydroxylation is 2. The fourth-order valence-corrected chi connectivity index (χ4v) is 2.74. The maximum Gasteiger partial charge on any atom is 0.320 e. The summed E-state index contributed by atoms with van der Waals surface area (Å²) in [7, 11) is 0. The summed E-state index contributed by atoms with van der Waals surface area (Å²) in [6, 6.07) is 10.8. The standard InChI is InChI=1S/C20H18FN3O3/c1-13-3-8-17(14(2)11-13)22-18(25)12-23-9-10-24(20(27)19(23)26)16-6-4-15(21)5-7-16/h3-11H,12H2,1-2H3,(H,22,25). The minimum Gasteiger partial charge on any atom is -0.324 e. The summed E-state index contributed by atoms with van der Waals surface area (Å²) in [6.45, 7) is 3.54. The molecule has 0 aliphatic carbocycles. The van der Waals surface area contributed by atoms with Gasteiger partial charge in [-0.1, -0.05) is 17.7 Å². The topological polar surface area (TPSA) is 73.1 Å². The summed E-state index contributed by atoms with van der Waals surface area (Å²) < 4.78 is 15.2. The number of nitrogens with zero attached hydrogens (tertiary/aromatic N) is 2. The van der Waals surface area contributed by atoms with E-state index in [-0.39, 0.29) is 6.54 Å². The second-order valence-electron chi connectivity index (χ2n) is 6.25. The largest absolute Gasteiger partial charge is 0.324 e. The maximum absolute atomic E-state index is 13.0. The third kappa shape index (κ3) is 4.03. The molecule has 1 aromatic heterocycles. The molecule has 27 heavy (non-hydrogen) atoms. The van der Waals surface area contributed by atoms with Gasteiger partial charge in [0.2, 0.25) is 5.91 Å². The number of anilines is 1. The Labute approximate surface area is 154 Å². The third-order valence-corrected chi connectivity index (χ3v) is 4.13. The fraction of sp³-hybridized carbons (Fsp3) is 0.150. The number of nitrogens with one attached hydrogen (secondary N) is 1. The van der Waals surface area contributed by atoms with Crippen molar-refractivity contribution in [3.63, 3.8) is 0 Å². The molecule has 3 rings (SSSR count). The van der Waals surface area contributed by atoms with Crippen molar-refractivity contribution < 1.29 is 9.18 Å². The van der Waals surface area contributed by atoms with E-state index in [0.717, 1.165) is 20.3 Å². The second-order valence-corrected chi connectivity index (χ2v) is 6.25. The lowest BCUT2D eigenvalue weighted by Gasteiger charge is -2.11. The third-order valence-electron chi connectivity index (χ3n) is 4.13. The summed E-state index contributed by atoms with van der Waals surface area (Å²) in [5.74, 6) is -0.855. The highest BCUT2D eigenvalue weighted by Crippen LogP contribution is 2.15. The number of benzene rings is 2. The molecule has 138 valence electrons. The van der Waals surface area contributed by atoms with Crippen LogP contribution in [0.25, 0.3) is 5.69 Å². The molecule has 0 saturated carbocycles. The Kier molecular flexibility index (Phi) is 5.03. The normalized spacial score (nSPS) is 10.6. The van der Waals surface area contributed by atoms with Crippen LogP contribution in [0.5, 0.6) is 0 Å². The Morgan fingerprint density at radius 1 is 1.00 bits per heavy atom. The van der Waals surface area contributed by atoms with Gasteiger partial charge < -0.3 is 5.32 Å². The molecule has 7 heteroatoms. The quantitative estimate of drug-likeness (QED) is 0.720. The number of aromatic nitrogens is 2. The van der Waals surface area contributed by atoms with Gasteiger partial charge in [0.15, 0.2) is 0 Å². The van der Waals surface area contributed by atoms with E-state index in [1.165, 1.54) is 36.7 Å². The van der Waals surface area contributed by atoms with Gasteiger partial charge in [0, 0.05) is 23.8 Å². The Morgan fingerprint density at radius 2 is 1.70 bits per heavy atom. The van der Waals surface area contributed by atoms with Crippen LogP contribution in [-0.4, -0.2) is 15.0 Å². The molecule has 3 aromatic rings. The average Bonchev–Trinajstić information content (AvgIpc) is 2.63. The van der Waals surface area contributed by atoms with Gasteiger partial charge in [-0.3, -0.25) is 23.5 Å². The minimum atomic E-state index is -0.836. The average molecular weight is 367 g/mol. The van der Waals surface area contributed by atoms with E-state index in [1.807, 2.05) is 26.0 Å². The monoisotopic (exact) mass is 367 g/mol. The van der Waals surface area contributed by atoms with E-state index in [9.17, 15) is 18.8 Å². The first kappa shape index (κ1) is 18.3. The summed E-state index contributed by atoms with van der Waals surface area (Å²) in [6.07, 6.45) is 2.73. The van der Waals surface area contributed by atoms with E-state index < -0.39 is 22.8 Å². The van der Waals surface area contributed by atoms with Crippen LogP contribution in [0, 0.1) is 19.7 Å². The lowest BCUT2D eigenvalue weighted by molar-refractivity contribution is -0.116. The van der Waals surface area contributed by atoms with Gasteiger partial charge in [-0.2, -0.15) is 0 Å². The fourth-order valence-electron chi connectivity index (χ4n) is 2.74. The highest BCUT2D eigenvalue weighted by Gasteiger charge is 2.11. The molecular weight excluding hydrogens is 349 g/mol. The van der Waals surface area contributed by atoms with Crippen LogP contribution in [0.1, 0.15) is 11.1 Å². The number of rotatable bonds is 4. The number of halogens is 1. The zero-order valence-electron chi connectivity index (χ0n) is 14.9. The van der Waals surface area contributed by atoms with Gasteiger partial charge >= 0.3 is 11.1 Å². The van der Waals surface area contributed by atoms with Crippen LogP contribution in [0.3, 0.4) is 0 Å². The van der Waals surface area contributed by atoms with Crippen LogP contribution >= 0.6 is 0 Å². The minimum absolute atomic E-state index is 0.286. The van der Waals surface area contributed by atoms with E-state index >= 15 is 0 Å². The molecule has 0 aliphatic rings. The van der Waals surface area contributed by atoms with Gasteiger partial charge in [-0.05, 0) is 49.7 Å². The van der Waals surface area contributed by atoms with Crippen molar-refractivity contribution in [1.29, 1.82) is 0 Å². The molecule has 6 nitrogen and oxygen atoms in total. The number of carbonyl (C=O) groups excluding carboxylic acids is 1. The van der Waals surface area contributed by atoms with Crippen LogP contribution in [0.2, 0.25) is 0 Å². The van der Waals surface area contributed by atoms with E-state index in [0.29, 0.717) is 11.4 Å². The molecule has 0 atom stereocenters. The SMILES string of the molecule is Cc1ccc(NC(=O)Cn2ccn(-c3ccc(F)cc3)c(=O)c2=O)c(C)c1. The van der Waals surface area contributed by atoms with Crippen molar-refractivity contribution in [2.24, 2.45) is 0 Å². The first-order valence-corrected chi connectivity index (χ1v) is 8.30. The van der Waals surface area contributed by atoms with Crippen LogP contribution in [0.4, 0.5) is 10.1 Å². The molecule has 0 fully saturated rings. The van der Waals surface area contributed by atoms with Crippen LogP contribution in [0.15, 0.2) is 64.4 Å². The molecule has 0 saturated heterocycles. The van der Waals surface area contributed by atoms with Gasteiger partial charge in [-0.15, -0.1) is 0 Å². The Balaban J connectivity index is 1.82. The van der Waals surface area contributed by atoms with Gasteiger partial charge in [0.25, 0.3) is 0 Å². The first-order chi connectivity index (χ1) is 12.8. The predicted octanol–water partition coefficient (Wildman–Crippen LogP) is 2.39. The predicted molar refractivity (Wildman–Crippen MR) is 101 cm³/mol. The van der Waals surface area contributed by atoms with Crippen LogP contribution < -0.4 is 16.4 Å². The maximum atomic E-state index is 13.0. The highest BCUT2D eigenvalue weighted by molar-refractivity contribution is 5.91. The lowest BCUT2D eigenvalue weighted by Crippen LogP contribution is -2.41. The summed E-state index contributed by atoms with van der Waals surface area (Å²) in [4.78, 5) is 36.9. The second kappa shape index (κ2) is 7.41.